The molecule has 0 radical (unpaired) electrons. The molecule has 3 aromatic rings. The summed E-state index contributed by atoms with van der Waals surface area (Å²) in [5.41, 5.74) is -0.417. The van der Waals surface area contributed by atoms with Crippen molar-refractivity contribution in [2.24, 2.45) is 4.99 Å². The van der Waals surface area contributed by atoms with Crippen molar-refractivity contribution >= 4 is 29.4 Å². The van der Waals surface area contributed by atoms with Gasteiger partial charge >= 0.3 is 5.69 Å². The number of carbonyl (C=O) groups is 1. The fraction of sp³-hybridized carbons (Fsp3) is 0.182. The third-order valence-corrected chi connectivity index (χ3v) is 4.97. The third kappa shape index (κ3) is 4.75. The van der Waals surface area contributed by atoms with Gasteiger partial charge in [-0.3, -0.25) is 19.6 Å². The minimum Gasteiger partial charge on any atom is -0.493 e. The highest BCUT2D eigenvalue weighted by Gasteiger charge is 2.15. The summed E-state index contributed by atoms with van der Waals surface area (Å²) in [4.78, 5) is 44.9. The summed E-state index contributed by atoms with van der Waals surface area (Å²) in [6.07, 6.45) is 1.17. The lowest BCUT2D eigenvalue weighted by atomic mass is 10.2. The van der Waals surface area contributed by atoms with E-state index in [-0.39, 0.29) is 11.5 Å². The van der Waals surface area contributed by atoms with Crippen molar-refractivity contribution in [1.82, 2.24) is 14.5 Å². The lowest BCUT2D eigenvalue weighted by molar-refractivity contribution is 0.0773. The van der Waals surface area contributed by atoms with E-state index in [1.54, 1.807) is 41.3 Å². The summed E-state index contributed by atoms with van der Waals surface area (Å²) in [5.74, 6) is -0.627. The molecule has 0 fully saturated rings. The summed E-state index contributed by atoms with van der Waals surface area (Å²) in [7, 11) is 0. The molecule has 9 heteroatoms. The molecule has 1 amide bonds. The van der Waals surface area contributed by atoms with Crippen LogP contribution in [0.2, 0.25) is 5.02 Å². The number of H-pyrrole nitrogens is 1. The smallest absolute Gasteiger partial charge is 0.335 e. The standard InChI is InChI=1S/C22H21ClN4O4/c1-3-26(4-2)20(29)14-5-9-16(10-6-14)24-13-18-19(28)25-22(31)27(21(18)30)17-11-7-15(23)8-12-17/h5-13,30H,3-4H2,1-2H3,(H,25,28,31). The monoisotopic (exact) mass is 440 g/mol. The molecule has 0 aliphatic rings. The molecule has 0 saturated heterocycles. The van der Waals surface area contributed by atoms with E-state index in [1.165, 1.54) is 18.3 Å². The van der Waals surface area contributed by atoms with Gasteiger partial charge in [0.1, 0.15) is 5.56 Å². The Kier molecular flexibility index (Phi) is 6.71. The minimum atomic E-state index is -0.791. The number of hydrogen-bond donors (Lipinski definition) is 2. The number of benzene rings is 2. The summed E-state index contributed by atoms with van der Waals surface area (Å²) >= 11 is 5.86. The van der Waals surface area contributed by atoms with Crippen molar-refractivity contribution in [2.45, 2.75) is 13.8 Å². The molecule has 3 rings (SSSR count). The molecule has 0 atom stereocenters. The van der Waals surface area contributed by atoms with E-state index in [0.29, 0.717) is 35.1 Å². The zero-order chi connectivity index (χ0) is 22.5. The van der Waals surface area contributed by atoms with Gasteiger partial charge in [-0.1, -0.05) is 11.6 Å². The van der Waals surface area contributed by atoms with Crippen molar-refractivity contribution < 1.29 is 9.90 Å². The molecule has 31 heavy (non-hydrogen) atoms. The Hall–Kier alpha value is -3.65. The van der Waals surface area contributed by atoms with Crippen molar-refractivity contribution in [1.29, 1.82) is 0 Å². The fourth-order valence-corrected chi connectivity index (χ4v) is 3.13. The van der Waals surface area contributed by atoms with Crippen molar-refractivity contribution in [3.05, 3.63) is 85.5 Å². The Labute approximate surface area is 183 Å². The van der Waals surface area contributed by atoms with E-state index in [1.807, 2.05) is 13.8 Å². The van der Waals surface area contributed by atoms with E-state index in [2.05, 4.69) is 9.98 Å². The highest BCUT2D eigenvalue weighted by atomic mass is 35.5. The number of aromatic nitrogens is 2. The van der Waals surface area contributed by atoms with Crippen LogP contribution in [0.5, 0.6) is 5.88 Å². The van der Waals surface area contributed by atoms with E-state index >= 15 is 0 Å². The molecule has 1 aromatic heterocycles. The Balaban J connectivity index is 1.93. The molecule has 1 heterocycles. The molecule has 2 aromatic carbocycles. The third-order valence-electron chi connectivity index (χ3n) is 4.71. The Morgan fingerprint density at radius 2 is 1.71 bits per heavy atom. The van der Waals surface area contributed by atoms with Gasteiger partial charge in [-0.2, -0.15) is 0 Å². The molecule has 2 N–H and O–H groups in total. The number of aromatic amines is 1. The molecule has 0 spiro atoms. The van der Waals surface area contributed by atoms with Gasteiger partial charge in [-0.15, -0.1) is 0 Å². The molecule has 0 saturated carbocycles. The number of hydrogen-bond acceptors (Lipinski definition) is 5. The number of aromatic hydroxyl groups is 1. The van der Waals surface area contributed by atoms with Gasteiger partial charge in [0.05, 0.1) is 11.4 Å². The van der Waals surface area contributed by atoms with Crippen LogP contribution in [0.25, 0.3) is 5.69 Å². The average Bonchev–Trinajstić information content (AvgIpc) is 2.76. The van der Waals surface area contributed by atoms with Gasteiger partial charge in [-0.05, 0) is 62.4 Å². The highest BCUT2D eigenvalue weighted by molar-refractivity contribution is 6.30. The molecule has 0 unspecified atom stereocenters. The highest BCUT2D eigenvalue weighted by Crippen LogP contribution is 2.19. The molecule has 0 aliphatic heterocycles. The first kappa shape index (κ1) is 22.0. The first-order valence-electron chi connectivity index (χ1n) is 9.63. The summed E-state index contributed by atoms with van der Waals surface area (Å²) in [6.45, 7) is 5.04. The second-order valence-corrected chi connectivity index (χ2v) is 7.03. The van der Waals surface area contributed by atoms with Gasteiger partial charge in [0, 0.05) is 29.9 Å². The Bertz CT molecular complexity index is 1220. The SMILES string of the molecule is CCN(CC)C(=O)c1ccc(N=Cc2c(O)n(-c3ccc(Cl)cc3)c(=O)[nH]c2=O)cc1. The van der Waals surface area contributed by atoms with Crippen LogP contribution < -0.4 is 11.2 Å². The fourth-order valence-electron chi connectivity index (χ4n) is 3.01. The summed E-state index contributed by atoms with van der Waals surface area (Å²) < 4.78 is 0.949. The van der Waals surface area contributed by atoms with Crippen molar-refractivity contribution in [3.63, 3.8) is 0 Å². The normalized spacial score (nSPS) is 11.1. The van der Waals surface area contributed by atoms with Crippen LogP contribution in [0.4, 0.5) is 5.69 Å². The number of nitrogens with zero attached hydrogens (tertiary/aromatic N) is 3. The molecular formula is C22H21ClN4O4. The van der Waals surface area contributed by atoms with Crippen molar-refractivity contribution in [3.8, 4) is 11.6 Å². The van der Waals surface area contributed by atoms with Crippen LogP contribution in [-0.2, 0) is 0 Å². The molecule has 0 aliphatic carbocycles. The first-order chi connectivity index (χ1) is 14.8. The second kappa shape index (κ2) is 9.44. The lowest BCUT2D eigenvalue weighted by Gasteiger charge is -2.18. The number of aliphatic imine (C=N–C) groups is 1. The van der Waals surface area contributed by atoms with E-state index in [9.17, 15) is 19.5 Å². The van der Waals surface area contributed by atoms with Gasteiger partial charge in [-0.25, -0.2) is 9.36 Å². The largest absolute Gasteiger partial charge is 0.493 e. The first-order valence-corrected chi connectivity index (χ1v) is 10.0. The second-order valence-electron chi connectivity index (χ2n) is 6.59. The Morgan fingerprint density at radius 1 is 1.10 bits per heavy atom. The van der Waals surface area contributed by atoms with Crippen molar-refractivity contribution in [2.75, 3.05) is 13.1 Å². The predicted octanol–water partition coefficient (Wildman–Crippen LogP) is 3.12. The van der Waals surface area contributed by atoms with E-state index < -0.39 is 17.1 Å². The van der Waals surface area contributed by atoms with Crippen LogP contribution in [0.1, 0.15) is 29.8 Å². The van der Waals surface area contributed by atoms with Gasteiger partial charge in [0.15, 0.2) is 0 Å². The average molecular weight is 441 g/mol. The maximum Gasteiger partial charge on any atom is 0.335 e. The van der Waals surface area contributed by atoms with Crippen LogP contribution in [0.15, 0.2) is 63.1 Å². The van der Waals surface area contributed by atoms with Crippen LogP contribution in [0, 0.1) is 0 Å². The quantitative estimate of drug-likeness (QED) is 0.574. The maximum absolute atomic E-state index is 12.4. The molecule has 0 bridgehead atoms. The summed E-state index contributed by atoms with van der Waals surface area (Å²) in [5, 5.41) is 11.0. The topological polar surface area (TPSA) is 108 Å². The van der Waals surface area contributed by atoms with Crippen LogP contribution in [0.3, 0.4) is 0 Å². The van der Waals surface area contributed by atoms with Gasteiger partial charge < -0.3 is 10.0 Å². The van der Waals surface area contributed by atoms with Gasteiger partial charge in [0.25, 0.3) is 11.5 Å². The molecular weight excluding hydrogens is 420 g/mol. The number of nitrogens with one attached hydrogen (secondary N) is 1. The number of halogens is 1. The minimum absolute atomic E-state index is 0.0790. The maximum atomic E-state index is 12.4. The predicted molar refractivity (Wildman–Crippen MR) is 120 cm³/mol. The number of amides is 1. The van der Waals surface area contributed by atoms with Crippen LogP contribution >= 0.6 is 11.6 Å². The van der Waals surface area contributed by atoms with Crippen LogP contribution in [-0.4, -0.2) is 44.8 Å². The number of rotatable bonds is 6. The number of carbonyl (C=O) groups excluding carboxylic acids is 1. The molecule has 8 nitrogen and oxygen atoms in total. The van der Waals surface area contributed by atoms with E-state index in [0.717, 1.165) is 4.57 Å². The lowest BCUT2D eigenvalue weighted by Crippen LogP contribution is -2.31. The molecule has 160 valence electrons. The zero-order valence-electron chi connectivity index (χ0n) is 17.0. The Morgan fingerprint density at radius 3 is 2.29 bits per heavy atom. The van der Waals surface area contributed by atoms with E-state index in [4.69, 9.17) is 11.6 Å². The van der Waals surface area contributed by atoms with Gasteiger partial charge in [0.2, 0.25) is 5.88 Å². The summed E-state index contributed by atoms with van der Waals surface area (Å²) in [6, 6.07) is 12.7. The zero-order valence-corrected chi connectivity index (χ0v) is 17.8.